The molecule has 1 aromatic carbocycles. The zero-order valence-corrected chi connectivity index (χ0v) is 11.0. The molecule has 3 N–H and O–H groups in total. The van der Waals surface area contributed by atoms with Gasteiger partial charge in [0, 0.05) is 0 Å². The summed E-state index contributed by atoms with van der Waals surface area (Å²) in [6, 6.07) is 5.80. The van der Waals surface area contributed by atoms with E-state index in [0.29, 0.717) is 11.3 Å². The molecule has 0 saturated heterocycles. The summed E-state index contributed by atoms with van der Waals surface area (Å²) in [5.74, 6) is -0.335. The predicted molar refractivity (Wildman–Crippen MR) is 68.6 cm³/mol. The van der Waals surface area contributed by atoms with E-state index in [9.17, 15) is 4.79 Å². The SMILES string of the molecule is CC(C)(C)Oc1ccc([C@H](N)C(=O)O)cc1.Cl. The van der Waals surface area contributed by atoms with Crippen LogP contribution in [0, 0.1) is 0 Å². The minimum atomic E-state index is -1.04. The quantitative estimate of drug-likeness (QED) is 0.874. The molecule has 0 heterocycles. The highest BCUT2D eigenvalue weighted by Crippen LogP contribution is 2.20. The zero-order valence-electron chi connectivity index (χ0n) is 10.1. The Kier molecular flexibility index (Phi) is 5.45. The maximum absolute atomic E-state index is 10.7. The van der Waals surface area contributed by atoms with Crippen molar-refractivity contribution in [2.24, 2.45) is 5.73 Å². The van der Waals surface area contributed by atoms with Crippen LogP contribution in [0.3, 0.4) is 0 Å². The molecule has 1 atom stereocenters. The first kappa shape index (κ1) is 15.7. The van der Waals surface area contributed by atoms with E-state index in [2.05, 4.69) is 0 Å². The molecule has 0 aliphatic heterocycles. The highest BCUT2D eigenvalue weighted by molar-refractivity contribution is 5.85. The third-order valence-corrected chi connectivity index (χ3v) is 1.93. The molecule has 1 aromatic rings. The third kappa shape index (κ3) is 5.06. The first-order chi connectivity index (χ1) is 7.29. The lowest BCUT2D eigenvalue weighted by Gasteiger charge is -2.21. The number of rotatable bonds is 3. The van der Waals surface area contributed by atoms with Crippen LogP contribution < -0.4 is 10.5 Å². The van der Waals surface area contributed by atoms with Gasteiger partial charge in [-0.15, -0.1) is 12.4 Å². The van der Waals surface area contributed by atoms with Gasteiger partial charge < -0.3 is 15.6 Å². The number of carboxylic acids is 1. The molecule has 96 valence electrons. The van der Waals surface area contributed by atoms with Crippen molar-refractivity contribution in [2.75, 3.05) is 0 Å². The van der Waals surface area contributed by atoms with E-state index >= 15 is 0 Å². The van der Waals surface area contributed by atoms with Crippen LogP contribution in [0.25, 0.3) is 0 Å². The fourth-order valence-electron chi connectivity index (χ4n) is 1.24. The average Bonchev–Trinajstić information content (AvgIpc) is 2.15. The van der Waals surface area contributed by atoms with Gasteiger partial charge in [0.2, 0.25) is 0 Å². The van der Waals surface area contributed by atoms with Gasteiger partial charge in [0.05, 0.1) is 0 Å². The van der Waals surface area contributed by atoms with Gasteiger partial charge in [-0.3, -0.25) is 4.79 Å². The molecule has 0 saturated carbocycles. The summed E-state index contributed by atoms with van der Waals surface area (Å²) in [7, 11) is 0. The maximum Gasteiger partial charge on any atom is 0.325 e. The number of hydrogen-bond donors (Lipinski definition) is 2. The Morgan fingerprint density at radius 2 is 1.76 bits per heavy atom. The molecule has 4 nitrogen and oxygen atoms in total. The van der Waals surface area contributed by atoms with Crippen LogP contribution in [0.15, 0.2) is 24.3 Å². The van der Waals surface area contributed by atoms with Crippen molar-refractivity contribution in [1.29, 1.82) is 0 Å². The second kappa shape index (κ2) is 5.89. The van der Waals surface area contributed by atoms with Gasteiger partial charge in [0.15, 0.2) is 0 Å². The number of carboxylic acid groups (broad SMARTS) is 1. The number of carbonyl (C=O) groups is 1. The van der Waals surface area contributed by atoms with Crippen LogP contribution in [0.5, 0.6) is 5.75 Å². The normalized spacial score (nSPS) is 12.5. The molecule has 0 unspecified atom stereocenters. The van der Waals surface area contributed by atoms with Crippen molar-refractivity contribution in [3.63, 3.8) is 0 Å². The molecule has 0 fully saturated rings. The largest absolute Gasteiger partial charge is 0.488 e. The zero-order chi connectivity index (χ0) is 12.3. The number of nitrogens with two attached hydrogens (primary N) is 1. The molecular weight excluding hydrogens is 242 g/mol. The number of ether oxygens (including phenoxy) is 1. The van der Waals surface area contributed by atoms with Gasteiger partial charge in [0.1, 0.15) is 17.4 Å². The predicted octanol–water partition coefficient (Wildman–Crippen LogP) is 2.37. The smallest absolute Gasteiger partial charge is 0.325 e. The summed E-state index contributed by atoms with van der Waals surface area (Å²) in [5.41, 5.74) is 5.77. The molecule has 0 aliphatic carbocycles. The van der Waals surface area contributed by atoms with Crippen LogP contribution in [-0.2, 0) is 4.79 Å². The van der Waals surface area contributed by atoms with E-state index in [4.69, 9.17) is 15.6 Å². The maximum atomic E-state index is 10.7. The monoisotopic (exact) mass is 259 g/mol. The molecule has 17 heavy (non-hydrogen) atoms. The number of benzene rings is 1. The van der Waals surface area contributed by atoms with Gasteiger partial charge in [-0.2, -0.15) is 0 Å². The molecule has 5 heteroatoms. The molecule has 0 spiro atoms. The highest BCUT2D eigenvalue weighted by Gasteiger charge is 2.15. The summed E-state index contributed by atoms with van der Waals surface area (Å²) < 4.78 is 5.61. The van der Waals surface area contributed by atoms with Gasteiger partial charge in [-0.05, 0) is 38.5 Å². The summed E-state index contributed by atoms with van der Waals surface area (Å²) in [5, 5.41) is 8.73. The minimum Gasteiger partial charge on any atom is -0.488 e. The minimum absolute atomic E-state index is 0. The fraction of sp³-hybridized carbons (Fsp3) is 0.417. The number of hydrogen-bond acceptors (Lipinski definition) is 3. The molecule has 0 aromatic heterocycles. The van der Waals surface area contributed by atoms with Crippen molar-refractivity contribution in [1.82, 2.24) is 0 Å². The van der Waals surface area contributed by atoms with Crippen LogP contribution in [0.2, 0.25) is 0 Å². The molecule has 0 bridgehead atoms. The van der Waals surface area contributed by atoms with Crippen molar-refractivity contribution in [3.8, 4) is 5.75 Å². The summed E-state index contributed by atoms with van der Waals surface area (Å²) in [6.45, 7) is 5.84. The van der Waals surface area contributed by atoms with Crippen molar-refractivity contribution >= 4 is 18.4 Å². The van der Waals surface area contributed by atoms with Gasteiger partial charge in [0.25, 0.3) is 0 Å². The van der Waals surface area contributed by atoms with E-state index in [0.717, 1.165) is 0 Å². The van der Waals surface area contributed by atoms with E-state index in [-0.39, 0.29) is 18.0 Å². The Bertz CT molecular complexity index is 370. The van der Waals surface area contributed by atoms with Crippen molar-refractivity contribution in [2.45, 2.75) is 32.4 Å². The Labute approximate surface area is 107 Å². The Hall–Kier alpha value is -1.26. The van der Waals surface area contributed by atoms with E-state index in [1.807, 2.05) is 20.8 Å². The van der Waals surface area contributed by atoms with Crippen LogP contribution >= 0.6 is 12.4 Å². The summed E-state index contributed by atoms with van der Waals surface area (Å²) >= 11 is 0. The van der Waals surface area contributed by atoms with Gasteiger partial charge in [-0.1, -0.05) is 12.1 Å². The van der Waals surface area contributed by atoms with Crippen LogP contribution in [0.4, 0.5) is 0 Å². The average molecular weight is 260 g/mol. The second-order valence-corrected chi connectivity index (χ2v) is 4.60. The molecule has 0 aliphatic rings. The molecule has 1 rings (SSSR count). The fourth-order valence-corrected chi connectivity index (χ4v) is 1.24. The molecular formula is C12H18ClNO3. The topological polar surface area (TPSA) is 72.5 Å². The lowest BCUT2D eigenvalue weighted by atomic mass is 10.1. The lowest BCUT2D eigenvalue weighted by Crippen LogP contribution is -2.23. The summed E-state index contributed by atoms with van der Waals surface area (Å²) in [6.07, 6.45) is 0. The molecule has 0 radical (unpaired) electrons. The van der Waals surface area contributed by atoms with Crippen molar-refractivity contribution < 1.29 is 14.6 Å². The third-order valence-electron chi connectivity index (χ3n) is 1.93. The van der Waals surface area contributed by atoms with Gasteiger partial charge in [-0.25, -0.2) is 0 Å². The Morgan fingerprint density at radius 3 is 2.12 bits per heavy atom. The van der Waals surface area contributed by atoms with Gasteiger partial charge >= 0.3 is 5.97 Å². The summed E-state index contributed by atoms with van der Waals surface area (Å²) in [4.78, 5) is 10.7. The standard InChI is InChI=1S/C12H17NO3.ClH/c1-12(2,3)16-9-6-4-8(5-7-9)10(13)11(14)15;/h4-7,10H,13H2,1-3H3,(H,14,15);1H/t10-;/m0./s1. The Morgan fingerprint density at radius 1 is 1.29 bits per heavy atom. The first-order valence-electron chi connectivity index (χ1n) is 5.07. The number of aliphatic carboxylic acids is 1. The van der Waals surface area contributed by atoms with E-state index < -0.39 is 12.0 Å². The first-order valence-corrected chi connectivity index (χ1v) is 5.07. The molecule has 0 amide bonds. The lowest BCUT2D eigenvalue weighted by molar-refractivity contribution is -0.138. The Balaban J connectivity index is 0.00000256. The van der Waals surface area contributed by atoms with E-state index in [1.54, 1.807) is 24.3 Å². The highest BCUT2D eigenvalue weighted by atomic mass is 35.5. The van der Waals surface area contributed by atoms with Crippen LogP contribution in [0.1, 0.15) is 32.4 Å². The number of halogens is 1. The second-order valence-electron chi connectivity index (χ2n) is 4.60. The van der Waals surface area contributed by atoms with E-state index in [1.165, 1.54) is 0 Å². The van der Waals surface area contributed by atoms with Crippen molar-refractivity contribution in [3.05, 3.63) is 29.8 Å². The van der Waals surface area contributed by atoms with Crippen LogP contribution in [-0.4, -0.2) is 16.7 Å².